The monoisotopic (exact) mass is 416 g/mol. The molecule has 2 aromatic carbocycles. The minimum absolute atomic E-state index is 0.103. The summed E-state index contributed by atoms with van der Waals surface area (Å²) in [5.41, 5.74) is 3.61. The summed E-state index contributed by atoms with van der Waals surface area (Å²) in [4.78, 5) is 17.1. The molecule has 146 valence electrons. The molecule has 28 heavy (non-hydrogen) atoms. The lowest BCUT2D eigenvalue weighted by Crippen LogP contribution is -2.23. The van der Waals surface area contributed by atoms with Gasteiger partial charge in [0, 0.05) is 10.7 Å². The SMILES string of the molecule is COc1ccc(Cl)cc1-c1nc(SC(C)C(=O)Nc2c(C)cccc2C)n[nH]1. The van der Waals surface area contributed by atoms with Crippen molar-refractivity contribution in [2.24, 2.45) is 0 Å². The molecule has 0 aliphatic heterocycles. The summed E-state index contributed by atoms with van der Waals surface area (Å²) < 4.78 is 5.35. The molecule has 0 fully saturated rings. The van der Waals surface area contributed by atoms with Gasteiger partial charge in [-0.15, -0.1) is 5.10 Å². The van der Waals surface area contributed by atoms with Crippen LogP contribution in [0.1, 0.15) is 18.1 Å². The Kier molecular flexibility index (Phi) is 6.26. The summed E-state index contributed by atoms with van der Waals surface area (Å²) in [6, 6.07) is 11.2. The number of thioether (sulfide) groups is 1. The number of carbonyl (C=O) groups excluding carboxylic acids is 1. The van der Waals surface area contributed by atoms with Crippen molar-refractivity contribution in [3.63, 3.8) is 0 Å². The van der Waals surface area contributed by atoms with E-state index in [0.29, 0.717) is 27.3 Å². The molecule has 2 N–H and O–H groups in total. The molecule has 1 heterocycles. The number of methoxy groups -OCH3 is 1. The molecule has 3 rings (SSSR count). The van der Waals surface area contributed by atoms with E-state index in [0.717, 1.165) is 16.8 Å². The first-order chi connectivity index (χ1) is 13.4. The fraction of sp³-hybridized carbons (Fsp3) is 0.250. The molecule has 6 nitrogen and oxygen atoms in total. The van der Waals surface area contributed by atoms with Gasteiger partial charge in [0.25, 0.3) is 0 Å². The van der Waals surface area contributed by atoms with Crippen LogP contribution >= 0.6 is 23.4 Å². The van der Waals surface area contributed by atoms with Crippen LogP contribution in [0.25, 0.3) is 11.4 Å². The lowest BCUT2D eigenvalue weighted by atomic mass is 10.1. The van der Waals surface area contributed by atoms with Gasteiger partial charge in [-0.2, -0.15) is 0 Å². The molecular weight excluding hydrogens is 396 g/mol. The highest BCUT2D eigenvalue weighted by atomic mass is 35.5. The van der Waals surface area contributed by atoms with Gasteiger partial charge in [-0.25, -0.2) is 4.98 Å². The van der Waals surface area contributed by atoms with Crippen molar-refractivity contribution in [3.8, 4) is 17.1 Å². The quantitative estimate of drug-likeness (QED) is 0.560. The maximum absolute atomic E-state index is 12.6. The summed E-state index contributed by atoms with van der Waals surface area (Å²) in [5.74, 6) is 1.07. The van der Waals surface area contributed by atoms with E-state index in [9.17, 15) is 4.79 Å². The van der Waals surface area contributed by atoms with E-state index in [2.05, 4.69) is 20.5 Å². The summed E-state index contributed by atoms with van der Waals surface area (Å²) >= 11 is 7.36. The van der Waals surface area contributed by atoms with E-state index in [4.69, 9.17) is 16.3 Å². The van der Waals surface area contributed by atoms with Crippen molar-refractivity contribution in [1.82, 2.24) is 15.2 Å². The topological polar surface area (TPSA) is 79.9 Å². The molecule has 1 unspecified atom stereocenters. The van der Waals surface area contributed by atoms with Gasteiger partial charge in [0.2, 0.25) is 11.1 Å². The summed E-state index contributed by atoms with van der Waals surface area (Å²) in [6.45, 7) is 5.77. The lowest BCUT2D eigenvalue weighted by Gasteiger charge is -2.14. The van der Waals surface area contributed by atoms with Crippen molar-refractivity contribution >= 4 is 35.0 Å². The Balaban J connectivity index is 1.73. The number of ether oxygens (including phenoxy) is 1. The smallest absolute Gasteiger partial charge is 0.237 e. The minimum Gasteiger partial charge on any atom is -0.496 e. The van der Waals surface area contributed by atoms with Gasteiger partial charge in [-0.3, -0.25) is 9.89 Å². The number of amides is 1. The lowest BCUT2D eigenvalue weighted by molar-refractivity contribution is -0.115. The number of H-pyrrole nitrogens is 1. The van der Waals surface area contributed by atoms with Crippen LogP contribution in [0, 0.1) is 13.8 Å². The summed E-state index contributed by atoms with van der Waals surface area (Å²) in [5, 5.41) is 10.8. The molecule has 1 aromatic heterocycles. The zero-order chi connectivity index (χ0) is 20.3. The molecule has 1 atom stereocenters. The number of benzene rings is 2. The fourth-order valence-electron chi connectivity index (χ4n) is 2.73. The molecule has 0 aliphatic rings. The molecular formula is C20H21ClN4O2S. The third-order valence-electron chi connectivity index (χ3n) is 4.26. The van der Waals surface area contributed by atoms with Crippen LogP contribution in [-0.2, 0) is 4.79 Å². The molecule has 0 saturated heterocycles. The van der Waals surface area contributed by atoms with Gasteiger partial charge in [0.05, 0.1) is 17.9 Å². The predicted molar refractivity (Wildman–Crippen MR) is 113 cm³/mol. The maximum atomic E-state index is 12.6. The Morgan fingerprint density at radius 2 is 1.96 bits per heavy atom. The van der Waals surface area contributed by atoms with Crippen LogP contribution in [-0.4, -0.2) is 33.4 Å². The molecule has 0 bridgehead atoms. The first-order valence-corrected chi connectivity index (χ1v) is 9.95. The molecule has 8 heteroatoms. The highest BCUT2D eigenvalue weighted by molar-refractivity contribution is 8.00. The van der Waals surface area contributed by atoms with Crippen LogP contribution in [0.3, 0.4) is 0 Å². The first kappa shape index (κ1) is 20.2. The zero-order valence-electron chi connectivity index (χ0n) is 16.0. The summed E-state index contributed by atoms with van der Waals surface area (Å²) in [6.07, 6.45) is 0. The number of nitrogens with zero attached hydrogens (tertiary/aromatic N) is 2. The van der Waals surface area contributed by atoms with Crippen molar-refractivity contribution in [2.45, 2.75) is 31.2 Å². The standard InChI is InChI=1S/C20H21ClN4O2S/c1-11-6-5-7-12(2)17(11)22-19(26)13(3)28-20-23-18(24-25-20)15-10-14(21)8-9-16(15)27-4/h5-10,13H,1-4H3,(H,22,26)(H,23,24,25). The zero-order valence-corrected chi connectivity index (χ0v) is 17.6. The van der Waals surface area contributed by atoms with E-state index in [1.54, 1.807) is 25.3 Å². The number of hydrogen-bond donors (Lipinski definition) is 2. The number of aromatic amines is 1. The second-order valence-corrected chi connectivity index (χ2v) is 8.07. The molecule has 1 amide bonds. The van der Waals surface area contributed by atoms with Crippen LogP contribution in [0.15, 0.2) is 41.6 Å². The average Bonchev–Trinajstić information content (AvgIpc) is 3.13. The Morgan fingerprint density at radius 1 is 1.25 bits per heavy atom. The van der Waals surface area contributed by atoms with Crippen molar-refractivity contribution in [3.05, 3.63) is 52.5 Å². The van der Waals surface area contributed by atoms with Crippen LogP contribution in [0.5, 0.6) is 5.75 Å². The number of para-hydroxylation sites is 1. The van der Waals surface area contributed by atoms with E-state index < -0.39 is 0 Å². The molecule has 0 aliphatic carbocycles. The normalized spacial score (nSPS) is 11.9. The number of aryl methyl sites for hydroxylation is 2. The molecule has 0 saturated carbocycles. The van der Waals surface area contributed by atoms with Gasteiger partial charge in [0.1, 0.15) is 5.75 Å². The van der Waals surface area contributed by atoms with Crippen molar-refractivity contribution < 1.29 is 9.53 Å². The number of aromatic nitrogens is 3. The second-order valence-electron chi connectivity index (χ2n) is 6.33. The summed E-state index contributed by atoms with van der Waals surface area (Å²) in [7, 11) is 1.58. The molecule has 3 aromatic rings. The maximum Gasteiger partial charge on any atom is 0.237 e. The van der Waals surface area contributed by atoms with Crippen LogP contribution in [0.4, 0.5) is 5.69 Å². The fourth-order valence-corrected chi connectivity index (χ4v) is 3.63. The van der Waals surface area contributed by atoms with Crippen molar-refractivity contribution in [1.29, 1.82) is 0 Å². The van der Waals surface area contributed by atoms with E-state index in [-0.39, 0.29) is 11.2 Å². The van der Waals surface area contributed by atoms with Gasteiger partial charge < -0.3 is 10.1 Å². The van der Waals surface area contributed by atoms with Gasteiger partial charge in [0.15, 0.2) is 5.82 Å². The Labute approximate surface area is 173 Å². The predicted octanol–water partition coefficient (Wildman–Crippen LogP) is 4.87. The largest absolute Gasteiger partial charge is 0.496 e. The highest BCUT2D eigenvalue weighted by Crippen LogP contribution is 2.32. The van der Waals surface area contributed by atoms with Crippen LogP contribution in [0.2, 0.25) is 5.02 Å². The van der Waals surface area contributed by atoms with Crippen LogP contribution < -0.4 is 10.1 Å². The third-order valence-corrected chi connectivity index (χ3v) is 5.46. The Morgan fingerprint density at radius 3 is 2.64 bits per heavy atom. The first-order valence-electron chi connectivity index (χ1n) is 8.69. The van der Waals surface area contributed by atoms with E-state index in [1.807, 2.05) is 39.0 Å². The Hall–Kier alpha value is -2.51. The van der Waals surface area contributed by atoms with Gasteiger partial charge >= 0.3 is 0 Å². The number of anilines is 1. The average molecular weight is 417 g/mol. The number of nitrogens with one attached hydrogen (secondary N) is 2. The number of hydrogen-bond acceptors (Lipinski definition) is 5. The Bertz CT molecular complexity index is 985. The minimum atomic E-state index is -0.371. The number of halogens is 1. The van der Waals surface area contributed by atoms with Crippen molar-refractivity contribution in [2.75, 3.05) is 12.4 Å². The molecule has 0 radical (unpaired) electrons. The number of carbonyl (C=O) groups is 1. The number of rotatable bonds is 6. The van der Waals surface area contributed by atoms with Gasteiger partial charge in [-0.1, -0.05) is 41.6 Å². The van der Waals surface area contributed by atoms with E-state index in [1.165, 1.54) is 11.8 Å². The molecule has 0 spiro atoms. The van der Waals surface area contributed by atoms with E-state index >= 15 is 0 Å². The van der Waals surface area contributed by atoms with Gasteiger partial charge in [-0.05, 0) is 50.1 Å². The highest BCUT2D eigenvalue weighted by Gasteiger charge is 2.19. The second kappa shape index (κ2) is 8.67. The third kappa shape index (κ3) is 4.48.